The van der Waals surface area contributed by atoms with Crippen molar-refractivity contribution in [2.24, 2.45) is 0 Å². The summed E-state index contributed by atoms with van der Waals surface area (Å²) in [7, 11) is -4.02. The quantitative estimate of drug-likeness (QED) is 0.693. The number of carbonyl (C=O) groups is 1. The van der Waals surface area contributed by atoms with Gasteiger partial charge in [-0.3, -0.25) is 4.79 Å². The van der Waals surface area contributed by atoms with Gasteiger partial charge in [-0.15, -0.1) is 0 Å². The number of hydrogen-bond donors (Lipinski definition) is 2. The number of sulfone groups is 1. The van der Waals surface area contributed by atoms with Gasteiger partial charge in [0.1, 0.15) is 17.3 Å². The SMILES string of the molecule is Cc1c(S(=O)(=O)c2cccc(Cl)c2)c2cc(F)ccc2n1CC(=O)O.N. The fourth-order valence-electron chi connectivity index (χ4n) is 2.85. The largest absolute Gasteiger partial charge is 0.480 e. The van der Waals surface area contributed by atoms with Crippen LogP contribution in [0.3, 0.4) is 0 Å². The number of benzene rings is 2. The molecule has 4 N–H and O–H groups in total. The number of aromatic nitrogens is 1. The summed E-state index contributed by atoms with van der Waals surface area (Å²) < 4.78 is 41.3. The second-order valence-electron chi connectivity index (χ2n) is 5.52. The van der Waals surface area contributed by atoms with Gasteiger partial charge in [-0.25, -0.2) is 12.8 Å². The van der Waals surface area contributed by atoms with Crippen molar-refractivity contribution in [3.8, 4) is 0 Å². The monoisotopic (exact) mass is 398 g/mol. The Labute approximate surface area is 154 Å². The van der Waals surface area contributed by atoms with Crippen LogP contribution in [0.4, 0.5) is 4.39 Å². The first-order valence-corrected chi connectivity index (χ1v) is 9.08. The van der Waals surface area contributed by atoms with E-state index < -0.39 is 28.2 Å². The lowest BCUT2D eigenvalue weighted by Crippen LogP contribution is -2.11. The molecule has 0 bridgehead atoms. The normalized spacial score (nSPS) is 11.3. The van der Waals surface area contributed by atoms with Gasteiger partial charge in [-0.1, -0.05) is 17.7 Å². The highest BCUT2D eigenvalue weighted by Crippen LogP contribution is 2.34. The van der Waals surface area contributed by atoms with Gasteiger partial charge in [0.25, 0.3) is 0 Å². The lowest BCUT2D eigenvalue weighted by Gasteiger charge is -2.07. The van der Waals surface area contributed by atoms with Crippen LogP contribution in [0.2, 0.25) is 5.02 Å². The van der Waals surface area contributed by atoms with Crippen molar-refractivity contribution in [2.75, 3.05) is 0 Å². The highest BCUT2D eigenvalue weighted by molar-refractivity contribution is 7.91. The van der Waals surface area contributed by atoms with Crippen LogP contribution in [0.1, 0.15) is 5.69 Å². The molecule has 26 heavy (non-hydrogen) atoms. The number of rotatable bonds is 4. The fourth-order valence-corrected chi connectivity index (χ4v) is 4.84. The highest BCUT2D eigenvalue weighted by atomic mass is 35.5. The molecular weight excluding hydrogens is 383 g/mol. The Balaban J connectivity index is 0.00000243. The Morgan fingerprint density at radius 2 is 1.92 bits per heavy atom. The number of aliphatic carboxylic acids is 1. The maximum Gasteiger partial charge on any atom is 0.323 e. The summed E-state index contributed by atoms with van der Waals surface area (Å²) in [6.45, 7) is 1.07. The first kappa shape index (κ1) is 19.9. The predicted octanol–water partition coefficient (Wildman–Crippen LogP) is 3.82. The fraction of sp³-hybridized carbons (Fsp3) is 0.118. The summed E-state index contributed by atoms with van der Waals surface area (Å²) >= 11 is 5.89. The van der Waals surface area contributed by atoms with Crippen molar-refractivity contribution in [3.05, 3.63) is 59.0 Å². The third kappa shape index (κ3) is 3.31. The van der Waals surface area contributed by atoms with Crippen molar-refractivity contribution in [3.63, 3.8) is 0 Å². The van der Waals surface area contributed by atoms with E-state index in [0.29, 0.717) is 5.52 Å². The third-order valence-corrected chi connectivity index (χ3v) is 6.06. The van der Waals surface area contributed by atoms with Crippen LogP contribution in [0.15, 0.2) is 52.3 Å². The minimum Gasteiger partial charge on any atom is -0.480 e. The van der Waals surface area contributed by atoms with Crippen molar-refractivity contribution in [1.29, 1.82) is 0 Å². The maximum atomic E-state index is 13.7. The summed E-state index contributed by atoms with van der Waals surface area (Å²) in [5.41, 5.74) is 0.560. The van der Waals surface area contributed by atoms with E-state index in [-0.39, 0.29) is 32.0 Å². The van der Waals surface area contributed by atoms with Crippen LogP contribution in [-0.4, -0.2) is 24.1 Å². The molecule has 0 saturated heterocycles. The molecule has 0 unspecified atom stereocenters. The first-order chi connectivity index (χ1) is 11.7. The molecule has 1 aromatic heterocycles. The van der Waals surface area contributed by atoms with E-state index in [0.717, 1.165) is 12.1 Å². The van der Waals surface area contributed by atoms with Gasteiger partial charge >= 0.3 is 5.97 Å². The Kier molecular flexibility index (Phi) is 5.41. The molecule has 3 rings (SSSR count). The number of carboxylic acid groups (broad SMARTS) is 1. The highest BCUT2D eigenvalue weighted by Gasteiger charge is 2.28. The third-order valence-electron chi connectivity index (χ3n) is 3.90. The molecule has 0 radical (unpaired) electrons. The molecule has 0 aliphatic rings. The zero-order chi connectivity index (χ0) is 18.4. The molecule has 138 valence electrons. The molecule has 2 aromatic carbocycles. The summed E-state index contributed by atoms with van der Waals surface area (Å²) in [6.07, 6.45) is 0. The second-order valence-corrected chi connectivity index (χ2v) is 7.84. The molecule has 0 spiro atoms. The van der Waals surface area contributed by atoms with Crippen molar-refractivity contribution in [1.82, 2.24) is 10.7 Å². The van der Waals surface area contributed by atoms with Gasteiger partial charge in [-0.2, -0.15) is 0 Å². The summed E-state index contributed by atoms with van der Waals surface area (Å²) in [4.78, 5) is 11.0. The lowest BCUT2D eigenvalue weighted by atomic mass is 10.2. The molecule has 0 amide bonds. The average molecular weight is 399 g/mol. The molecular formula is C17H16ClFN2O4S. The topological polar surface area (TPSA) is 111 Å². The summed E-state index contributed by atoms with van der Waals surface area (Å²) in [5, 5.41) is 9.50. The van der Waals surface area contributed by atoms with Gasteiger partial charge < -0.3 is 15.8 Å². The Bertz CT molecular complexity index is 1110. The second kappa shape index (κ2) is 7.06. The van der Waals surface area contributed by atoms with Crippen molar-refractivity contribution in [2.45, 2.75) is 23.3 Å². The molecule has 1 heterocycles. The summed E-state index contributed by atoms with van der Waals surface area (Å²) in [6, 6.07) is 9.37. The van der Waals surface area contributed by atoms with Gasteiger partial charge in [0.15, 0.2) is 0 Å². The van der Waals surface area contributed by atoms with Crippen LogP contribution >= 0.6 is 11.6 Å². The van der Waals surface area contributed by atoms with Crippen LogP contribution in [0.25, 0.3) is 10.9 Å². The van der Waals surface area contributed by atoms with Gasteiger partial charge in [0.2, 0.25) is 9.84 Å². The van der Waals surface area contributed by atoms with Gasteiger partial charge in [-0.05, 0) is 43.3 Å². The molecule has 9 heteroatoms. The van der Waals surface area contributed by atoms with Gasteiger partial charge in [0, 0.05) is 16.1 Å². The standard InChI is InChI=1S/C17H13ClFNO4S.H3N/c1-10-17(25(23,24)13-4-2-3-11(18)7-13)14-8-12(19)5-6-15(14)20(10)9-16(21)22;/h2-8H,9H2,1H3,(H,21,22);1H3. The summed E-state index contributed by atoms with van der Waals surface area (Å²) in [5.74, 6) is -1.74. The number of halogens is 2. The average Bonchev–Trinajstić information content (AvgIpc) is 2.79. The predicted molar refractivity (Wildman–Crippen MR) is 96.2 cm³/mol. The van der Waals surface area contributed by atoms with Gasteiger partial charge in [0.05, 0.1) is 10.4 Å². The molecule has 0 aliphatic carbocycles. The Morgan fingerprint density at radius 1 is 1.23 bits per heavy atom. The zero-order valence-electron chi connectivity index (χ0n) is 13.7. The maximum absolute atomic E-state index is 13.7. The Morgan fingerprint density at radius 3 is 2.54 bits per heavy atom. The molecule has 6 nitrogen and oxygen atoms in total. The molecule has 0 atom stereocenters. The minimum atomic E-state index is -4.02. The van der Waals surface area contributed by atoms with E-state index in [1.54, 1.807) is 6.07 Å². The number of hydrogen-bond acceptors (Lipinski definition) is 4. The van der Waals surface area contributed by atoms with E-state index in [1.807, 2.05) is 0 Å². The molecule has 3 aromatic rings. The molecule has 0 aliphatic heterocycles. The van der Waals surface area contributed by atoms with Crippen LogP contribution in [-0.2, 0) is 21.2 Å². The number of carboxylic acids is 1. The van der Waals surface area contributed by atoms with Crippen LogP contribution < -0.4 is 6.15 Å². The van der Waals surface area contributed by atoms with E-state index >= 15 is 0 Å². The smallest absolute Gasteiger partial charge is 0.323 e. The Hall–Kier alpha value is -2.42. The van der Waals surface area contributed by atoms with E-state index in [9.17, 15) is 17.6 Å². The van der Waals surface area contributed by atoms with Crippen LogP contribution in [0.5, 0.6) is 0 Å². The van der Waals surface area contributed by atoms with E-state index in [1.165, 1.54) is 35.8 Å². The lowest BCUT2D eigenvalue weighted by molar-refractivity contribution is -0.137. The molecule has 0 fully saturated rings. The van der Waals surface area contributed by atoms with E-state index in [4.69, 9.17) is 16.7 Å². The number of nitrogens with zero attached hydrogens (tertiary/aromatic N) is 1. The van der Waals surface area contributed by atoms with Crippen molar-refractivity contribution >= 4 is 38.3 Å². The van der Waals surface area contributed by atoms with Crippen molar-refractivity contribution < 1.29 is 22.7 Å². The number of fused-ring (bicyclic) bond motifs is 1. The van der Waals surface area contributed by atoms with E-state index in [2.05, 4.69) is 0 Å². The van der Waals surface area contributed by atoms with Crippen LogP contribution in [0, 0.1) is 12.7 Å². The first-order valence-electron chi connectivity index (χ1n) is 7.22. The molecule has 0 saturated carbocycles. The zero-order valence-corrected chi connectivity index (χ0v) is 15.3. The minimum absolute atomic E-state index is 0.